The summed E-state index contributed by atoms with van der Waals surface area (Å²) in [5.74, 6) is 1.62. The minimum Gasteiger partial charge on any atom is 0 e. The molecule has 2 aliphatic heterocycles. The minimum absolute atomic E-state index is 0. The summed E-state index contributed by atoms with van der Waals surface area (Å²) in [6.45, 7) is 10.0. The molecule has 5 rings (SSSR count). The zero-order chi connectivity index (χ0) is 25.4. The number of benzene rings is 1. The Balaban J connectivity index is 0.000000236. The van der Waals surface area contributed by atoms with Crippen LogP contribution in [0.4, 0.5) is 16.9 Å². The fourth-order valence-corrected chi connectivity index (χ4v) is 12.8. The van der Waals surface area contributed by atoms with Gasteiger partial charge in [0.1, 0.15) is 0 Å². The largest absolute Gasteiger partial charge is 0 e. The molecule has 0 amide bonds. The third kappa shape index (κ3) is 10.3. The molecule has 1 radical (unpaired) electrons. The van der Waals surface area contributed by atoms with Gasteiger partial charge in [-0.05, 0) is 77.2 Å². The molecule has 10 heteroatoms. The Kier molecular flexibility index (Phi) is 10.3. The van der Waals surface area contributed by atoms with Gasteiger partial charge in [0.25, 0.3) is 0 Å². The van der Waals surface area contributed by atoms with E-state index in [9.17, 15) is 16.9 Å². The molecule has 2 bridgehead atoms. The molecule has 0 N–H and O–H groups in total. The Bertz CT molecular complexity index is 818. The molecule has 4 aliphatic rings. The average Bonchev–Trinajstić information content (AvgIpc) is 3.48. The first-order valence-electron chi connectivity index (χ1n) is 12.1. The molecule has 1 aromatic carbocycles. The Morgan fingerprint density at radius 3 is 1.06 bits per heavy atom. The maximum atomic E-state index is 9.93. The number of rotatable bonds is 2. The first kappa shape index (κ1) is 31.8. The molecular formula is C25H36F6P2RhSb-. The van der Waals surface area contributed by atoms with E-state index in [0.717, 1.165) is 34.5 Å². The van der Waals surface area contributed by atoms with Crippen LogP contribution < -0.4 is 10.6 Å². The summed E-state index contributed by atoms with van der Waals surface area (Å²) in [7, 11) is 0.157. The molecule has 0 nitrogen and oxygen atoms in total. The van der Waals surface area contributed by atoms with E-state index in [-0.39, 0.29) is 35.3 Å². The third-order valence-corrected chi connectivity index (χ3v) is 14.0. The van der Waals surface area contributed by atoms with Gasteiger partial charge in [0, 0.05) is 19.5 Å². The van der Waals surface area contributed by atoms with Crippen molar-refractivity contribution in [3.63, 3.8) is 0 Å². The molecule has 1 aromatic rings. The van der Waals surface area contributed by atoms with Crippen molar-refractivity contribution >= 4 is 45.9 Å². The van der Waals surface area contributed by atoms with Gasteiger partial charge < -0.3 is 0 Å². The van der Waals surface area contributed by atoms with E-state index < -0.39 is 19.5 Å². The van der Waals surface area contributed by atoms with Gasteiger partial charge in [-0.15, -0.1) is 0 Å². The van der Waals surface area contributed by atoms with Crippen molar-refractivity contribution in [2.24, 2.45) is 11.8 Å². The summed E-state index contributed by atoms with van der Waals surface area (Å²) in [4.78, 5) is 0. The molecule has 35 heavy (non-hydrogen) atoms. The van der Waals surface area contributed by atoms with Gasteiger partial charge in [0.15, 0.2) is 0 Å². The van der Waals surface area contributed by atoms with Crippen LogP contribution >= 0.6 is 15.8 Å². The number of hydrogen-bond acceptors (Lipinski definition) is 0. The second kappa shape index (κ2) is 11.4. The van der Waals surface area contributed by atoms with Crippen molar-refractivity contribution < 1.29 is 36.4 Å². The molecule has 2 heterocycles. The van der Waals surface area contributed by atoms with E-state index in [1.807, 2.05) is 0 Å². The van der Waals surface area contributed by atoms with Crippen LogP contribution in [0.3, 0.4) is 0 Å². The summed E-state index contributed by atoms with van der Waals surface area (Å²) in [6, 6.07) is 9.55. The van der Waals surface area contributed by atoms with Crippen molar-refractivity contribution in [3.05, 3.63) is 48.6 Å². The van der Waals surface area contributed by atoms with E-state index in [4.69, 9.17) is 0 Å². The van der Waals surface area contributed by atoms with E-state index in [1.54, 1.807) is 10.6 Å². The van der Waals surface area contributed by atoms with Gasteiger partial charge in [0.2, 0.25) is 0 Å². The van der Waals surface area contributed by atoms with Crippen molar-refractivity contribution in [1.29, 1.82) is 0 Å². The van der Waals surface area contributed by atoms with Crippen molar-refractivity contribution in [3.8, 4) is 0 Å². The van der Waals surface area contributed by atoms with Crippen molar-refractivity contribution in [1.82, 2.24) is 0 Å². The first-order chi connectivity index (χ1) is 15.5. The number of fused-ring (bicyclic) bond motifs is 2. The standard InChI is InChI=1S/C18H28P2.C7H8.6FH.Rh.Sb/c1-13-9-10-14(2)19(13)17-7-5-6-8-18(17)20-15(3)11-12-16(20)4;1-2-7-4-3-6(1)5-7;;;;;;;;/h5-8,13-16H,9-12H2,1-4H3;1-4,6-7H,5H2;6*1H;;/q;;;;;;;;;+5/p-6/t13-,14-,15-,16-;;;;;;;;;/m0........./s1. The van der Waals surface area contributed by atoms with Crippen LogP contribution in [0, 0.1) is 11.8 Å². The second-order valence-electron chi connectivity index (χ2n) is 10.1. The maximum absolute atomic E-state index is 11.2. The summed E-state index contributed by atoms with van der Waals surface area (Å²) in [5.41, 5.74) is 3.74. The summed E-state index contributed by atoms with van der Waals surface area (Å²) < 4.78 is 59.6. The van der Waals surface area contributed by atoms with Crippen molar-refractivity contribution in [2.45, 2.75) is 82.4 Å². The van der Waals surface area contributed by atoms with Crippen LogP contribution in [-0.2, 0) is 19.5 Å². The van der Waals surface area contributed by atoms with Gasteiger partial charge in [-0.1, -0.05) is 92.1 Å². The fraction of sp³-hybridized carbons (Fsp3) is 0.600. The summed E-state index contributed by atoms with van der Waals surface area (Å²) >= 11 is -11.2. The number of allylic oxidation sites excluding steroid dienone is 4. The quantitative estimate of drug-likeness (QED) is 0.123. The Morgan fingerprint density at radius 1 is 0.600 bits per heavy atom. The van der Waals surface area contributed by atoms with E-state index in [2.05, 4.69) is 76.3 Å². The predicted octanol–water partition coefficient (Wildman–Crippen LogP) is 8.93. The van der Waals surface area contributed by atoms with Crippen LogP contribution in [-0.4, -0.2) is 42.1 Å². The minimum atomic E-state index is -11.2. The molecule has 0 saturated carbocycles. The van der Waals surface area contributed by atoms with Crippen molar-refractivity contribution in [2.75, 3.05) is 0 Å². The third-order valence-electron chi connectivity index (χ3n) is 7.10. The number of hydrogen-bond donors (Lipinski definition) is 0. The van der Waals surface area contributed by atoms with E-state index in [1.165, 1.54) is 32.1 Å². The summed E-state index contributed by atoms with van der Waals surface area (Å²) in [5, 5.41) is 3.57. The van der Waals surface area contributed by atoms with Crippen LogP contribution in [0.1, 0.15) is 59.8 Å². The Hall–Kier alpha value is 0.582. The van der Waals surface area contributed by atoms with Gasteiger partial charge >= 0.3 is 36.4 Å². The van der Waals surface area contributed by atoms with Gasteiger partial charge in [-0.3, -0.25) is 0 Å². The molecule has 2 saturated heterocycles. The van der Waals surface area contributed by atoms with E-state index in [0.29, 0.717) is 0 Å². The zero-order valence-electron chi connectivity index (χ0n) is 20.6. The van der Waals surface area contributed by atoms with Crippen LogP contribution in [0.2, 0.25) is 0 Å². The summed E-state index contributed by atoms with van der Waals surface area (Å²) in [6.07, 6.45) is 16.3. The molecule has 2 fully saturated rings. The fourth-order valence-electron chi connectivity index (χ4n) is 5.57. The molecule has 2 aliphatic carbocycles. The molecular weight excluding hydrogens is 701 g/mol. The normalized spacial score (nSPS) is 33.8. The second-order valence-corrected chi connectivity index (χ2v) is 21.7. The smallest absolute Gasteiger partial charge is 0 e. The SMILES string of the molecule is C1=CC2C=CC1C2.C[C@H]1CC[C@H](C)P1c1ccccc1P1[C@@H](C)CC[C@@H]1C.[F][Sb-]([F])([F])([F])([F])[F].[Rh]. The zero-order valence-corrected chi connectivity index (χ0v) is 26.5. The van der Waals surface area contributed by atoms with Crippen LogP contribution in [0.15, 0.2) is 48.6 Å². The molecule has 203 valence electrons. The molecule has 0 unspecified atom stereocenters. The number of halogens is 6. The van der Waals surface area contributed by atoms with Gasteiger partial charge in [-0.25, -0.2) is 0 Å². The Labute approximate surface area is 223 Å². The molecule has 0 aromatic heterocycles. The predicted molar refractivity (Wildman–Crippen MR) is 138 cm³/mol. The molecule has 4 atom stereocenters. The van der Waals surface area contributed by atoms with E-state index >= 15 is 0 Å². The van der Waals surface area contributed by atoms with Crippen LogP contribution in [0.25, 0.3) is 0 Å². The van der Waals surface area contributed by atoms with Gasteiger partial charge in [-0.2, -0.15) is 0 Å². The Morgan fingerprint density at radius 2 is 0.857 bits per heavy atom. The first-order valence-corrected chi connectivity index (χ1v) is 20.8. The average molecular weight is 737 g/mol. The van der Waals surface area contributed by atoms with Gasteiger partial charge in [0.05, 0.1) is 0 Å². The maximum Gasteiger partial charge on any atom is 0 e. The van der Waals surface area contributed by atoms with Crippen LogP contribution in [0.5, 0.6) is 0 Å². The monoisotopic (exact) mass is 736 g/mol. The topological polar surface area (TPSA) is 0 Å². The molecule has 0 spiro atoms.